The minimum atomic E-state index is -0.248. The highest BCUT2D eigenvalue weighted by atomic mass is 35.5. The van der Waals surface area contributed by atoms with Gasteiger partial charge >= 0.3 is 0 Å². The van der Waals surface area contributed by atoms with Crippen molar-refractivity contribution in [2.24, 2.45) is 5.84 Å². The second-order valence-electron chi connectivity index (χ2n) is 4.77. The van der Waals surface area contributed by atoms with E-state index < -0.39 is 0 Å². The summed E-state index contributed by atoms with van der Waals surface area (Å²) in [6.45, 7) is 2.00. The van der Waals surface area contributed by atoms with Crippen LogP contribution in [0.2, 0.25) is 5.02 Å². The van der Waals surface area contributed by atoms with Crippen LogP contribution in [0, 0.1) is 6.92 Å². The number of aryl methyl sites for hydroxylation is 1. The van der Waals surface area contributed by atoms with Crippen LogP contribution in [0.5, 0.6) is 11.5 Å². The average Bonchev–Trinajstić information content (AvgIpc) is 2.49. The maximum absolute atomic E-state index is 6.34. The maximum Gasteiger partial charge on any atom is 0.122 e. The molecule has 2 aromatic rings. The van der Waals surface area contributed by atoms with Gasteiger partial charge in [0.15, 0.2) is 0 Å². The fraction of sp³-hybridized carbons (Fsp3) is 0.250. The van der Waals surface area contributed by atoms with Gasteiger partial charge in [-0.05, 0) is 41.8 Å². The molecule has 0 heterocycles. The topological polar surface area (TPSA) is 56.5 Å². The first-order valence-electron chi connectivity index (χ1n) is 6.54. The summed E-state index contributed by atoms with van der Waals surface area (Å²) in [5, 5.41) is 0.666. The summed E-state index contributed by atoms with van der Waals surface area (Å²) in [4.78, 5) is 0. The predicted octanol–water partition coefficient (Wildman–Crippen LogP) is 3.22. The van der Waals surface area contributed by atoms with E-state index in [1.807, 2.05) is 43.3 Å². The van der Waals surface area contributed by atoms with Crippen molar-refractivity contribution < 1.29 is 9.47 Å². The monoisotopic (exact) mass is 306 g/mol. The molecule has 0 spiro atoms. The molecular weight excluding hydrogens is 288 g/mol. The lowest BCUT2D eigenvalue weighted by Crippen LogP contribution is -2.29. The van der Waals surface area contributed by atoms with Gasteiger partial charge in [0, 0.05) is 11.1 Å². The first-order valence-corrected chi connectivity index (χ1v) is 6.92. The van der Waals surface area contributed by atoms with Crippen LogP contribution in [0.25, 0.3) is 0 Å². The first-order chi connectivity index (χ1) is 10.1. The summed E-state index contributed by atoms with van der Waals surface area (Å²) < 4.78 is 10.6. The molecule has 2 rings (SSSR count). The van der Waals surface area contributed by atoms with E-state index in [-0.39, 0.29) is 6.04 Å². The molecule has 0 saturated heterocycles. The number of methoxy groups -OCH3 is 2. The number of hydrogen-bond acceptors (Lipinski definition) is 4. The number of ether oxygens (including phenoxy) is 2. The third-order valence-corrected chi connectivity index (χ3v) is 3.67. The van der Waals surface area contributed by atoms with E-state index in [0.29, 0.717) is 16.5 Å². The number of nitrogens with one attached hydrogen (secondary N) is 1. The molecular formula is C16H19ClN2O2. The Morgan fingerprint density at radius 3 is 2.14 bits per heavy atom. The molecule has 21 heavy (non-hydrogen) atoms. The fourth-order valence-electron chi connectivity index (χ4n) is 2.23. The van der Waals surface area contributed by atoms with E-state index in [0.717, 1.165) is 16.7 Å². The molecule has 1 unspecified atom stereocenters. The summed E-state index contributed by atoms with van der Waals surface area (Å²) in [7, 11) is 3.23. The van der Waals surface area contributed by atoms with Gasteiger partial charge < -0.3 is 9.47 Å². The SMILES string of the molecule is COc1cc(OC)cc(C(NN)c2ccc(C)cc2Cl)c1. The molecule has 2 aromatic carbocycles. The Hall–Kier alpha value is -1.75. The van der Waals surface area contributed by atoms with Crippen molar-refractivity contribution in [2.45, 2.75) is 13.0 Å². The Bertz CT molecular complexity index is 609. The third-order valence-electron chi connectivity index (χ3n) is 3.34. The fourth-order valence-corrected chi connectivity index (χ4v) is 2.57. The van der Waals surface area contributed by atoms with Crippen molar-refractivity contribution in [3.05, 3.63) is 58.1 Å². The Labute approximate surface area is 129 Å². The number of hydrogen-bond donors (Lipinski definition) is 2. The Morgan fingerprint density at radius 1 is 1.05 bits per heavy atom. The zero-order chi connectivity index (χ0) is 15.4. The van der Waals surface area contributed by atoms with Gasteiger partial charge in [-0.1, -0.05) is 23.7 Å². The van der Waals surface area contributed by atoms with Crippen LogP contribution >= 0.6 is 11.6 Å². The minimum absolute atomic E-state index is 0.248. The molecule has 0 aliphatic rings. The molecule has 112 valence electrons. The van der Waals surface area contributed by atoms with E-state index in [1.165, 1.54) is 0 Å². The molecule has 3 N–H and O–H groups in total. The highest BCUT2D eigenvalue weighted by Gasteiger charge is 2.17. The van der Waals surface area contributed by atoms with Crippen LogP contribution in [-0.2, 0) is 0 Å². The van der Waals surface area contributed by atoms with E-state index in [2.05, 4.69) is 5.43 Å². The zero-order valence-corrected chi connectivity index (χ0v) is 13.1. The van der Waals surface area contributed by atoms with E-state index in [1.54, 1.807) is 14.2 Å². The van der Waals surface area contributed by atoms with E-state index >= 15 is 0 Å². The van der Waals surface area contributed by atoms with E-state index in [4.69, 9.17) is 26.9 Å². The molecule has 0 aliphatic carbocycles. The van der Waals surface area contributed by atoms with Crippen LogP contribution in [0.15, 0.2) is 36.4 Å². The molecule has 0 amide bonds. The number of halogens is 1. The van der Waals surface area contributed by atoms with Gasteiger partial charge in [-0.2, -0.15) is 0 Å². The second kappa shape index (κ2) is 6.80. The van der Waals surface area contributed by atoms with Crippen LogP contribution in [0.3, 0.4) is 0 Å². The zero-order valence-electron chi connectivity index (χ0n) is 12.3. The molecule has 0 radical (unpaired) electrons. The van der Waals surface area contributed by atoms with Crippen molar-refractivity contribution in [2.75, 3.05) is 14.2 Å². The summed E-state index contributed by atoms with van der Waals surface area (Å²) in [5.41, 5.74) is 5.72. The lowest BCUT2D eigenvalue weighted by molar-refractivity contribution is 0.392. The highest BCUT2D eigenvalue weighted by Crippen LogP contribution is 2.33. The van der Waals surface area contributed by atoms with Crippen LogP contribution < -0.4 is 20.7 Å². The normalized spacial score (nSPS) is 12.0. The predicted molar refractivity (Wildman–Crippen MR) is 84.9 cm³/mol. The maximum atomic E-state index is 6.34. The summed E-state index contributed by atoms with van der Waals surface area (Å²) in [6.07, 6.45) is 0. The summed E-state index contributed by atoms with van der Waals surface area (Å²) in [5.74, 6) is 7.14. The summed E-state index contributed by atoms with van der Waals surface area (Å²) >= 11 is 6.34. The highest BCUT2D eigenvalue weighted by molar-refractivity contribution is 6.31. The average molecular weight is 307 g/mol. The van der Waals surface area contributed by atoms with Crippen LogP contribution in [0.1, 0.15) is 22.7 Å². The van der Waals surface area contributed by atoms with Gasteiger partial charge in [-0.3, -0.25) is 5.84 Å². The molecule has 0 saturated carbocycles. The Kier molecular flexibility index (Phi) is 5.07. The molecule has 0 fully saturated rings. The van der Waals surface area contributed by atoms with Crippen molar-refractivity contribution in [3.63, 3.8) is 0 Å². The number of hydrazine groups is 1. The van der Waals surface area contributed by atoms with Gasteiger partial charge in [-0.15, -0.1) is 0 Å². The van der Waals surface area contributed by atoms with Crippen molar-refractivity contribution in [1.82, 2.24) is 5.43 Å². The number of nitrogens with two attached hydrogens (primary N) is 1. The molecule has 4 nitrogen and oxygen atoms in total. The van der Waals surface area contributed by atoms with Gasteiger partial charge in [0.25, 0.3) is 0 Å². The quantitative estimate of drug-likeness (QED) is 0.658. The smallest absolute Gasteiger partial charge is 0.122 e. The molecule has 0 bridgehead atoms. The first kappa shape index (κ1) is 15.6. The second-order valence-corrected chi connectivity index (χ2v) is 5.18. The van der Waals surface area contributed by atoms with Gasteiger partial charge in [0.1, 0.15) is 11.5 Å². The lowest BCUT2D eigenvalue weighted by atomic mass is 9.97. The van der Waals surface area contributed by atoms with Crippen molar-refractivity contribution >= 4 is 11.6 Å². The molecule has 5 heteroatoms. The van der Waals surface area contributed by atoms with Crippen molar-refractivity contribution in [3.8, 4) is 11.5 Å². The van der Waals surface area contributed by atoms with Crippen molar-refractivity contribution in [1.29, 1.82) is 0 Å². The largest absolute Gasteiger partial charge is 0.497 e. The minimum Gasteiger partial charge on any atom is -0.497 e. The molecule has 1 atom stereocenters. The van der Waals surface area contributed by atoms with Crippen LogP contribution in [-0.4, -0.2) is 14.2 Å². The van der Waals surface area contributed by atoms with Gasteiger partial charge in [0.2, 0.25) is 0 Å². The van der Waals surface area contributed by atoms with Gasteiger partial charge in [0.05, 0.1) is 20.3 Å². The molecule has 0 aromatic heterocycles. The standard InChI is InChI=1S/C16H19ClN2O2/c1-10-4-5-14(15(17)6-10)16(19-18)11-7-12(20-2)9-13(8-11)21-3/h4-9,16,19H,18H2,1-3H3. The van der Waals surface area contributed by atoms with Gasteiger partial charge in [-0.25, -0.2) is 5.43 Å². The lowest BCUT2D eigenvalue weighted by Gasteiger charge is -2.20. The van der Waals surface area contributed by atoms with Crippen LogP contribution in [0.4, 0.5) is 0 Å². The third kappa shape index (κ3) is 3.47. The number of rotatable bonds is 5. The van der Waals surface area contributed by atoms with E-state index in [9.17, 15) is 0 Å². The summed E-state index contributed by atoms with van der Waals surface area (Å²) in [6, 6.07) is 11.3. The molecule has 0 aliphatic heterocycles. The Balaban J connectivity index is 2.50. The number of benzene rings is 2. The Morgan fingerprint density at radius 2 is 1.67 bits per heavy atom.